The van der Waals surface area contributed by atoms with Gasteiger partial charge in [0.05, 0.1) is 0 Å². The molecule has 0 saturated carbocycles. The van der Waals surface area contributed by atoms with Gasteiger partial charge < -0.3 is 4.57 Å². The van der Waals surface area contributed by atoms with Gasteiger partial charge in [-0.2, -0.15) is 0 Å². The minimum Gasteiger partial charge on any atom is -0.328 e. The zero-order valence-corrected chi connectivity index (χ0v) is 12.7. The molecule has 0 aliphatic carbocycles. The van der Waals surface area contributed by atoms with Crippen molar-refractivity contribution in [2.45, 2.75) is 25.9 Å². The number of aromatic nitrogens is 3. The van der Waals surface area contributed by atoms with Crippen molar-refractivity contribution < 1.29 is 0 Å². The Hall–Kier alpha value is -2.20. The van der Waals surface area contributed by atoms with Gasteiger partial charge >= 0.3 is 0 Å². The molecule has 3 aromatic rings. The first-order valence-corrected chi connectivity index (χ1v) is 7.93. The van der Waals surface area contributed by atoms with Crippen LogP contribution in [0.15, 0.2) is 49.1 Å². The fourth-order valence-electron chi connectivity index (χ4n) is 3.21. The zero-order chi connectivity index (χ0) is 14.8. The molecular weight excluding hydrogens is 272 g/mol. The summed E-state index contributed by atoms with van der Waals surface area (Å²) in [5.41, 5.74) is 3.71. The number of hydrogen-bond acceptors (Lipinski definition) is 3. The molecule has 1 aromatic carbocycles. The molecule has 0 N–H and O–H groups in total. The Balaban J connectivity index is 1.48. The Bertz CT molecular complexity index is 754. The van der Waals surface area contributed by atoms with Crippen LogP contribution in [0, 0.1) is 0 Å². The maximum absolute atomic E-state index is 4.37. The van der Waals surface area contributed by atoms with Crippen LogP contribution in [0.2, 0.25) is 0 Å². The van der Waals surface area contributed by atoms with Crippen molar-refractivity contribution in [1.29, 1.82) is 0 Å². The summed E-state index contributed by atoms with van der Waals surface area (Å²) in [6.45, 7) is 4.43. The van der Waals surface area contributed by atoms with Gasteiger partial charge in [-0.05, 0) is 43.1 Å². The van der Waals surface area contributed by atoms with Crippen LogP contribution in [0.5, 0.6) is 0 Å². The Morgan fingerprint density at radius 1 is 0.909 bits per heavy atom. The molecule has 0 spiro atoms. The monoisotopic (exact) mass is 292 g/mol. The summed E-state index contributed by atoms with van der Waals surface area (Å²) in [5, 5.41) is 1.09. The van der Waals surface area contributed by atoms with Crippen molar-refractivity contribution in [3.63, 3.8) is 0 Å². The summed E-state index contributed by atoms with van der Waals surface area (Å²) in [6, 6.07) is 11.1. The molecule has 3 heterocycles. The van der Waals surface area contributed by atoms with Crippen LogP contribution in [0.4, 0.5) is 0 Å². The lowest BCUT2D eigenvalue weighted by atomic mass is 10.1. The number of hydrogen-bond donors (Lipinski definition) is 0. The minimum absolute atomic E-state index is 0.852. The van der Waals surface area contributed by atoms with Crippen LogP contribution in [-0.4, -0.2) is 32.5 Å². The molecule has 0 unspecified atom stereocenters. The maximum Gasteiger partial charge on any atom is 0.143 e. The lowest BCUT2D eigenvalue weighted by Gasteiger charge is -2.14. The van der Waals surface area contributed by atoms with Gasteiger partial charge in [0.1, 0.15) is 12.0 Å². The Morgan fingerprint density at radius 2 is 1.64 bits per heavy atom. The third-order valence-corrected chi connectivity index (χ3v) is 4.41. The van der Waals surface area contributed by atoms with E-state index in [1.54, 1.807) is 6.33 Å². The first kappa shape index (κ1) is 13.5. The van der Waals surface area contributed by atoms with Gasteiger partial charge in [-0.3, -0.25) is 4.90 Å². The molecular formula is C18H20N4. The van der Waals surface area contributed by atoms with Crippen LogP contribution in [0.1, 0.15) is 24.0 Å². The van der Waals surface area contributed by atoms with Gasteiger partial charge in [-0.25, -0.2) is 9.97 Å². The average molecular weight is 292 g/mol. The van der Waals surface area contributed by atoms with Crippen molar-refractivity contribution in [2.24, 2.45) is 0 Å². The number of likely N-dealkylation sites (tertiary alicyclic amines) is 1. The Labute approximate surface area is 130 Å². The summed E-state index contributed by atoms with van der Waals surface area (Å²) < 4.78 is 2.17. The van der Waals surface area contributed by atoms with Gasteiger partial charge in [0, 0.05) is 30.9 Å². The van der Waals surface area contributed by atoms with E-state index in [0.29, 0.717) is 0 Å². The predicted octanol–water partition coefficient (Wildman–Crippen LogP) is 3.08. The normalized spacial score (nSPS) is 15.6. The van der Waals surface area contributed by atoms with E-state index in [-0.39, 0.29) is 0 Å². The first-order valence-electron chi connectivity index (χ1n) is 7.93. The number of benzene rings is 1. The highest BCUT2D eigenvalue weighted by atomic mass is 15.1. The summed E-state index contributed by atoms with van der Waals surface area (Å²) >= 11 is 0. The van der Waals surface area contributed by atoms with Crippen molar-refractivity contribution >= 4 is 11.0 Å². The highest BCUT2D eigenvalue weighted by Gasteiger charge is 2.11. The Morgan fingerprint density at radius 3 is 2.41 bits per heavy atom. The van der Waals surface area contributed by atoms with Crippen LogP contribution >= 0.6 is 0 Å². The molecule has 1 fully saturated rings. The van der Waals surface area contributed by atoms with Crippen LogP contribution in [0.3, 0.4) is 0 Å². The van der Waals surface area contributed by atoms with E-state index in [4.69, 9.17) is 0 Å². The van der Waals surface area contributed by atoms with E-state index >= 15 is 0 Å². The molecule has 1 saturated heterocycles. The quantitative estimate of drug-likeness (QED) is 0.741. The van der Waals surface area contributed by atoms with E-state index in [2.05, 4.69) is 56.0 Å². The zero-order valence-electron chi connectivity index (χ0n) is 12.7. The second kappa shape index (κ2) is 5.89. The summed E-state index contributed by atoms with van der Waals surface area (Å²) in [6.07, 6.45) is 8.24. The smallest absolute Gasteiger partial charge is 0.143 e. The third kappa shape index (κ3) is 2.74. The van der Waals surface area contributed by atoms with Crippen molar-refractivity contribution in [1.82, 2.24) is 19.4 Å². The van der Waals surface area contributed by atoms with Gasteiger partial charge in [0.25, 0.3) is 0 Å². The van der Waals surface area contributed by atoms with E-state index in [9.17, 15) is 0 Å². The molecule has 0 radical (unpaired) electrons. The van der Waals surface area contributed by atoms with E-state index < -0.39 is 0 Å². The average Bonchev–Trinajstić information content (AvgIpc) is 3.20. The number of rotatable bonds is 4. The summed E-state index contributed by atoms with van der Waals surface area (Å²) in [4.78, 5) is 11.0. The largest absolute Gasteiger partial charge is 0.328 e. The predicted molar refractivity (Wildman–Crippen MR) is 87.6 cm³/mol. The molecule has 4 rings (SSSR count). The molecule has 0 bridgehead atoms. The SMILES string of the molecule is c1ncc2ccn(Cc3ccc(CN4CCCC4)cc3)c2n1. The standard InChI is InChI=1S/C18H20N4/c1-2-9-21(8-1)12-15-3-5-16(6-4-15)13-22-10-7-17-11-19-14-20-18(17)22/h3-7,10-11,14H,1-2,8-9,12-13H2. The van der Waals surface area contributed by atoms with E-state index in [1.807, 2.05) is 6.20 Å². The highest BCUT2D eigenvalue weighted by Crippen LogP contribution is 2.16. The molecule has 4 nitrogen and oxygen atoms in total. The van der Waals surface area contributed by atoms with Gasteiger partial charge in [0.2, 0.25) is 0 Å². The van der Waals surface area contributed by atoms with Crippen molar-refractivity contribution in [3.8, 4) is 0 Å². The van der Waals surface area contributed by atoms with Crippen molar-refractivity contribution in [3.05, 3.63) is 60.2 Å². The lowest BCUT2D eigenvalue weighted by Crippen LogP contribution is -2.18. The molecule has 1 aliphatic heterocycles. The van der Waals surface area contributed by atoms with E-state index in [1.165, 1.54) is 37.1 Å². The van der Waals surface area contributed by atoms with Gasteiger partial charge in [-0.15, -0.1) is 0 Å². The van der Waals surface area contributed by atoms with Crippen LogP contribution in [0.25, 0.3) is 11.0 Å². The molecule has 0 atom stereocenters. The molecule has 1 aliphatic rings. The van der Waals surface area contributed by atoms with E-state index in [0.717, 1.165) is 24.1 Å². The Kier molecular flexibility index (Phi) is 3.60. The minimum atomic E-state index is 0.852. The molecule has 112 valence electrons. The second-order valence-corrected chi connectivity index (χ2v) is 6.05. The molecule has 0 amide bonds. The van der Waals surface area contributed by atoms with Gasteiger partial charge in [-0.1, -0.05) is 24.3 Å². The number of nitrogens with zero attached hydrogens (tertiary/aromatic N) is 4. The van der Waals surface area contributed by atoms with Gasteiger partial charge in [0.15, 0.2) is 0 Å². The topological polar surface area (TPSA) is 34.0 Å². The number of fused-ring (bicyclic) bond motifs is 1. The lowest BCUT2D eigenvalue weighted by molar-refractivity contribution is 0.331. The van der Waals surface area contributed by atoms with Crippen LogP contribution < -0.4 is 0 Å². The van der Waals surface area contributed by atoms with Crippen molar-refractivity contribution in [2.75, 3.05) is 13.1 Å². The summed E-state index contributed by atoms with van der Waals surface area (Å²) in [5.74, 6) is 0. The first-order chi connectivity index (χ1) is 10.9. The summed E-state index contributed by atoms with van der Waals surface area (Å²) in [7, 11) is 0. The fraction of sp³-hybridized carbons (Fsp3) is 0.333. The maximum atomic E-state index is 4.37. The fourth-order valence-corrected chi connectivity index (χ4v) is 3.21. The molecule has 2 aromatic heterocycles. The van der Waals surface area contributed by atoms with Crippen LogP contribution in [-0.2, 0) is 13.1 Å². The molecule has 4 heteroatoms. The second-order valence-electron chi connectivity index (χ2n) is 6.05. The third-order valence-electron chi connectivity index (χ3n) is 4.41. The highest BCUT2D eigenvalue weighted by molar-refractivity contribution is 5.74. The molecule has 22 heavy (non-hydrogen) atoms.